The van der Waals surface area contributed by atoms with Crippen LogP contribution in [0.25, 0.3) is 5.69 Å². The number of anilines is 1. The van der Waals surface area contributed by atoms with Crippen molar-refractivity contribution in [3.8, 4) is 5.69 Å². The summed E-state index contributed by atoms with van der Waals surface area (Å²) in [4.78, 5) is 12.6. The number of carbonyl (C=O) groups excluding carboxylic acids is 1. The fraction of sp³-hybridized carbons (Fsp3) is 0.118. The predicted octanol–water partition coefficient (Wildman–Crippen LogP) is 4.31. The Hall–Kier alpha value is -2.39. The van der Waals surface area contributed by atoms with E-state index < -0.39 is 5.76 Å². The van der Waals surface area contributed by atoms with Crippen LogP contribution in [0, 0.1) is 0 Å². The van der Waals surface area contributed by atoms with E-state index in [4.69, 9.17) is 0 Å². The number of aromatic nitrogens is 3. The zero-order chi connectivity index (χ0) is 18.4. The van der Waals surface area contributed by atoms with Gasteiger partial charge in [0.05, 0.1) is 5.75 Å². The molecule has 0 saturated carbocycles. The molecule has 1 heterocycles. The Balaban J connectivity index is 1.56. The average molecular weight is 392 g/mol. The van der Waals surface area contributed by atoms with E-state index in [0.717, 1.165) is 5.69 Å². The maximum atomic E-state index is 12.3. The van der Waals surface area contributed by atoms with Gasteiger partial charge in [0.2, 0.25) is 5.91 Å². The monoisotopic (exact) mass is 392 g/mol. The van der Waals surface area contributed by atoms with Gasteiger partial charge in [-0.3, -0.25) is 9.36 Å². The fourth-order valence-electron chi connectivity index (χ4n) is 2.14. The molecule has 0 bridgehead atoms. The van der Waals surface area contributed by atoms with Crippen molar-refractivity contribution in [1.29, 1.82) is 0 Å². The summed E-state index contributed by atoms with van der Waals surface area (Å²) < 4.78 is 26.4. The van der Waals surface area contributed by atoms with Crippen molar-refractivity contribution in [2.24, 2.45) is 0 Å². The highest BCUT2D eigenvalue weighted by molar-refractivity contribution is 8.00. The Kier molecular flexibility index (Phi) is 6.24. The molecule has 0 aliphatic heterocycles. The molecule has 3 aromatic rings. The highest BCUT2D eigenvalue weighted by Gasteiger charge is 2.11. The molecule has 0 aliphatic rings. The fourth-order valence-corrected chi connectivity index (χ4v) is 3.36. The second-order valence-electron chi connectivity index (χ2n) is 5.06. The summed E-state index contributed by atoms with van der Waals surface area (Å²) in [7, 11) is 0. The summed E-state index contributed by atoms with van der Waals surface area (Å²) in [6.45, 7) is 0. The quantitative estimate of drug-likeness (QED) is 0.607. The Morgan fingerprint density at radius 2 is 1.85 bits per heavy atom. The summed E-state index contributed by atoms with van der Waals surface area (Å²) >= 11 is 1.73. The van der Waals surface area contributed by atoms with E-state index in [-0.39, 0.29) is 11.7 Å². The number of nitrogens with one attached hydrogen (secondary N) is 1. The van der Waals surface area contributed by atoms with E-state index in [0.29, 0.717) is 27.5 Å². The van der Waals surface area contributed by atoms with Crippen molar-refractivity contribution in [2.75, 3.05) is 11.1 Å². The maximum Gasteiger partial charge on any atom is 0.288 e. The summed E-state index contributed by atoms with van der Waals surface area (Å²) in [6, 6.07) is 15.9. The lowest BCUT2D eigenvalue weighted by Gasteiger charge is -2.07. The number of hydrogen-bond donors (Lipinski definition) is 1. The molecule has 0 saturated heterocycles. The third-order valence-electron chi connectivity index (χ3n) is 3.25. The molecule has 0 aliphatic carbocycles. The van der Waals surface area contributed by atoms with Crippen LogP contribution in [-0.2, 0) is 4.79 Å². The average Bonchev–Trinajstić information content (AvgIpc) is 3.11. The van der Waals surface area contributed by atoms with Gasteiger partial charge in [0, 0.05) is 16.3 Å². The second-order valence-corrected chi connectivity index (χ2v) is 7.06. The van der Waals surface area contributed by atoms with Crippen LogP contribution >= 0.6 is 23.5 Å². The number of thioether (sulfide) groups is 2. The highest BCUT2D eigenvalue weighted by atomic mass is 32.2. The maximum absolute atomic E-state index is 12.3. The summed E-state index contributed by atoms with van der Waals surface area (Å²) in [6.07, 6.45) is 1.59. The van der Waals surface area contributed by atoms with Crippen LogP contribution in [0.3, 0.4) is 0 Å². The van der Waals surface area contributed by atoms with Gasteiger partial charge in [0.1, 0.15) is 6.33 Å². The molecule has 0 unspecified atom stereocenters. The smallest absolute Gasteiger partial charge is 0.288 e. The predicted molar refractivity (Wildman–Crippen MR) is 99.0 cm³/mol. The lowest BCUT2D eigenvalue weighted by atomic mass is 10.3. The molecule has 1 N–H and O–H groups in total. The minimum absolute atomic E-state index is 0.152. The van der Waals surface area contributed by atoms with E-state index in [1.807, 2.05) is 30.3 Å². The van der Waals surface area contributed by atoms with E-state index in [1.165, 1.54) is 11.8 Å². The summed E-state index contributed by atoms with van der Waals surface area (Å²) in [5.74, 6) is -2.53. The van der Waals surface area contributed by atoms with Crippen LogP contribution in [-0.4, -0.2) is 32.2 Å². The van der Waals surface area contributed by atoms with Gasteiger partial charge in [-0.2, -0.15) is 8.78 Å². The molecular formula is C17H14F2N4OS2. The van der Waals surface area contributed by atoms with Gasteiger partial charge in [-0.25, -0.2) is 0 Å². The minimum atomic E-state index is -2.46. The van der Waals surface area contributed by atoms with Crippen LogP contribution in [0.15, 0.2) is 71.0 Å². The van der Waals surface area contributed by atoms with E-state index >= 15 is 0 Å². The van der Waals surface area contributed by atoms with Gasteiger partial charge in [-0.1, -0.05) is 41.7 Å². The molecule has 26 heavy (non-hydrogen) atoms. The van der Waals surface area contributed by atoms with Crippen molar-refractivity contribution in [3.63, 3.8) is 0 Å². The van der Waals surface area contributed by atoms with Crippen LogP contribution in [0.5, 0.6) is 0 Å². The van der Waals surface area contributed by atoms with E-state index in [2.05, 4.69) is 15.5 Å². The minimum Gasteiger partial charge on any atom is -0.325 e. The SMILES string of the molecule is O=C(CSc1nncn1-c1ccccc1)Nc1ccc(SC(F)F)cc1. The second kappa shape index (κ2) is 8.81. The van der Waals surface area contributed by atoms with Crippen molar-refractivity contribution in [1.82, 2.24) is 14.8 Å². The molecule has 3 rings (SSSR count). The molecule has 5 nitrogen and oxygen atoms in total. The molecule has 0 radical (unpaired) electrons. The number of nitrogens with zero attached hydrogens (tertiary/aromatic N) is 3. The number of carbonyl (C=O) groups is 1. The van der Waals surface area contributed by atoms with Gasteiger partial charge in [0.25, 0.3) is 5.76 Å². The van der Waals surface area contributed by atoms with Gasteiger partial charge >= 0.3 is 0 Å². The number of hydrogen-bond acceptors (Lipinski definition) is 5. The lowest BCUT2D eigenvalue weighted by Crippen LogP contribution is -2.14. The van der Waals surface area contributed by atoms with E-state index in [1.54, 1.807) is 35.2 Å². The number of amides is 1. The van der Waals surface area contributed by atoms with Crippen LogP contribution in [0.2, 0.25) is 0 Å². The van der Waals surface area contributed by atoms with Gasteiger partial charge in [0.15, 0.2) is 5.16 Å². The van der Waals surface area contributed by atoms with Crippen molar-refractivity contribution < 1.29 is 13.6 Å². The molecular weight excluding hydrogens is 378 g/mol. The highest BCUT2D eigenvalue weighted by Crippen LogP contribution is 2.26. The third kappa shape index (κ3) is 5.06. The molecule has 2 aromatic carbocycles. The summed E-state index contributed by atoms with van der Waals surface area (Å²) in [5, 5.41) is 11.3. The third-order valence-corrected chi connectivity index (χ3v) is 4.91. The molecule has 134 valence electrons. The number of benzene rings is 2. The van der Waals surface area contributed by atoms with Crippen molar-refractivity contribution >= 4 is 35.1 Å². The first-order chi connectivity index (χ1) is 12.6. The zero-order valence-electron chi connectivity index (χ0n) is 13.4. The topological polar surface area (TPSA) is 59.8 Å². The molecule has 1 amide bonds. The first kappa shape index (κ1) is 18.4. The Labute approximate surface area is 157 Å². The van der Waals surface area contributed by atoms with Crippen molar-refractivity contribution in [3.05, 3.63) is 60.9 Å². The Morgan fingerprint density at radius 1 is 1.12 bits per heavy atom. The molecule has 0 atom stereocenters. The number of halogens is 2. The van der Waals surface area contributed by atoms with Crippen LogP contribution in [0.1, 0.15) is 0 Å². The largest absolute Gasteiger partial charge is 0.325 e. The summed E-state index contributed by atoms with van der Waals surface area (Å²) in [5.41, 5.74) is 1.46. The first-order valence-electron chi connectivity index (χ1n) is 7.55. The van der Waals surface area contributed by atoms with Gasteiger partial charge < -0.3 is 5.32 Å². The Morgan fingerprint density at radius 3 is 2.54 bits per heavy atom. The van der Waals surface area contributed by atoms with E-state index in [9.17, 15) is 13.6 Å². The van der Waals surface area contributed by atoms with Gasteiger partial charge in [-0.05, 0) is 36.4 Å². The zero-order valence-corrected chi connectivity index (χ0v) is 15.0. The number of alkyl halides is 2. The van der Waals surface area contributed by atoms with Gasteiger partial charge in [-0.15, -0.1) is 10.2 Å². The molecule has 0 spiro atoms. The normalized spacial score (nSPS) is 10.9. The number of rotatable bonds is 7. The first-order valence-corrected chi connectivity index (χ1v) is 9.41. The molecule has 9 heteroatoms. The lowest BCUT2D eigenvalue weighted by molar-refractivity contribution is -0.113. The Bertz CT molecular complexity index is 857. The van der Waals surface area contributed by atoms with Crippen LogP contribution < -0.4 is 5.32 Å². The van der Waals surface area contributed by atoms with Crippen molar-refractivity contribution in [2.45, 2.75) is 15.8 Å². The van der Waals surface area contributed by atoms with Crippen LogP contribution in [0.4, 0.5) is 14.5 Å². The molecule has 0 fully saturated rings. The number of para-hydroxylation sites is 1. The standard InChI is InChI=1S/C17H14F2N4OS2/c18-16(19)26-14-8-6-12(7-9-14)21-15(24)10-25-17-22-20-11-23(17)13-4-2-1-3-5-13/h1-9,11,16H,10H2,(H,21,24). The molecule has 1 aromatic heterocycles.